The summed E-state index contributed by atoms with van der Waals surface area (Å²) in [4.78, 5) is 16.2. The van der Waals surface area contributed by atoms with Crippen LogP contribution in [0.4, 0.5) is 10.2 Å². The molecular weight excluding hydrogens is 534 g/mol. The molecule has 13 nitrogen and oxygen atoms in total. The number of nitrogens with two attached hydrogens (primary N) is 1. The van der Waals surface area contributed by atoms with E-state index in [-0.39, 0.29) is 17.3 Å². The number of carbonyl (C=O) groups excluding carboxylic acids is 1. The Balaban J connectivity index is 1.58. The van der Waals surface area contributed by atoms with Crippen molar-refractivity contribution >= 4 is 25.1 Å². The topological polar surface area (TPSA) is 183 Å². The highest BCUT2D eigenvalue weighted by Crippen LogP contribution is 2.50. The average Bonchev–Trinajstić information content (AvgIpc) is 3.43. The van der Waals surface area contributed by atoms with E-state index in [1.807, 2.05) is 6.07 Å². The first-order valence-corrected chi connectivity index (χ1v) is 13.5. The number of halogens is 1. The summed E-state index contributed by atoms with van der Waals surface area (Å²) >= 11 is 0. The number of ether oxygens (including phenoxy) is 2. The summed E-state index contributed by atoms with van der Waals surface area (Å²) in [5, 5.41) is 27.3. The van der Waals surface area contributed by atoms with Crippen molar-refractivity contribution in [1.29, 1.82) is 5.26 Å². The van der Waals surface area contributed by atoms with Crippen LogP contribution in [0.25, 0.3) is 5.52 Å². The second-order valence-corrected chi connectivity index (χ2v) is 10.9. The van der Waals surface area contributed by atoms with Crippen LogP contribution in [0.2, 0.25) is 0 Å². The maximum atomic E-state index is 16.0. The minimum atomic E-state index is -4.44. The first-order chi connectivity index (χ1) is 18.4. The van der Waals surface area contributed by atoms with E-state index in [0.29, 0.717) is 5.52 Å². The summed E-state index contributed by atoms with van der Waals surface area (Å²) in [6, 6.07) is 11.5. The number of hydrogen-bond donors (Lipinski definition) is 3. The van der Waals surface area contributed by atoms with Gasteiger partial charge in [0.25, 0.3) is 0 Å². The van der Waals surface area contributed by atoms with Crippen molar-refractivity contribution in [2.45, 2.75) is 56.9 Å². The highest BCUT2D eigenvalue weighted by molar-refractivity contribution is 7.52. The molecule has 1 saturated heterocycles. The number of anilines is 1. The molecule has 1 aliphatic heterocycles. The molecule has 5 atom stereocenters. The average molecular weight is 562 g/mol. The van der Waals surface area contributed by atoms with Gasteiger partial charge in [-0.05, 0) is 45.0 Å². The number of carbonyl (C=O) groups is 1. The van der Waals surface area contributed by atoms with Gasteiger partial charge in [-0.2, -0.15) is 15.4 Å². The number of nitrogens with one attached hydrogen (secondary N) is 1. The second-order valence-electron chi connectivity index (χ2n) is 9.23. The molecule has 208 valence electrons. The van der Waals surface area contributed by atoms with Crippen molar-refractivity contribution in [3.05, 3.63) is 54.5 Å². The van der Waals surface area contributed by atoms with Gasteiger partial charge in [0, 0.05) is 6.42 Å². The number of aromatic nitrogens is 3. The first-order valence-electron chi connectivity index (χ1n) is 11.9. The van der Waals surface area contributed by atoms with Gasteiger partial charge < -0.3 is 24.8 Å². The number of aliphatic hydroxyl groups is 1. The molecule has 0 aliphatic carbocycles. The minimum absolute atomic E-state index is 0.00743. The molecular formula is C24H28FN6O7P. The number of esters is 1. The summed E-state index contributed by atoms with van der Waals surface area (Å²) in [5.74, 6) is -3.32. The molecule has 0 radical (unpaired) electrons. The van der Waals surface area contributed by atoms with Crippen LogP contribution in [0, 0.1) is 11.3 Å². The van der Waals surface area contributed by atoms with Gasteiger partial charge in [-0.3, -0.25) is 9.32 Å². The maximum absolute atomic E-state index is 16.0. The summed E-state index contributed by atoms with van der Waals surface area (Å²) < 4.78 is 52.5. The number of benzene rings is 1. The highest BCUT2D eigenvalue weighted by atomic mass is 31.2. The number of alkyl halides is 1. The number of nitriles is 1. The summed E-state index contributed by atoms with van der Waals surface area (Å²) in [7, 11) is -4.44. The van der Waals surface area contributed by atoms with Crippen LogP contribution in [0.3, 0.4) is 0 Å². The van der Waals surface area contributed by atoms with Gasteiger partial charge in [0.1, 0.15) is 42.4 Å². The molecule has 2 aromatic heterocycles. The number of aliphatic hydroxyl groups excluding tert-OH is 1. The Morgan fingerprint density at radius 2 is 2.08 bits per heavy atom. The van der Waals surface area contributed by atoms with Gasteiger partial charge in [-0.15, -0.1) is 0 Å². The lowest BCUT2D eigenvalue weighted by atomic mass is 9.94. The highest BCUT2D eigenvalue weighted by Gasteiger charge is 2.60. The molecule has 1 unspecified atom stereocenters. The zero-order chi connectivity index (χ0) is 28.4. The van der Waals surface area contributed by atoms with Crippen LogP contribution in [-0.2, 0) is 29.0 Å². The molecule has 3 aromatic rings. The van der Waals surface area contributed by atoms with Gasteiger partial charge in [0.2, 0.25) is 11.5 Å². The Hall–Kier alpha value is -3.60. The van der Waals surface area contributed by atoms with Crippen LogP contribution in [0.15, 0.2) is 48.8 Å². The second kappa shape index (κ2) is 10.9. The SMILES string of the molecule is CC(C)OC(=O)[C@H](C)NP(=O)(OC[C@]1(F)C[C@@H](O)[C@](C#N)(c2ccc3c(N)ncnn23)O1)Oc1ccccc1. The Labute approximate surface area is 223 Å². The predicted molar refractivity (Wildman–Crippen MR) is 135 cm³/mol. The first kappa shape index (κ1) is 28.4. The lowest BCUT2D eigenvalue weighted by molar-refractivity contribution is -0.184. The van der Waals surface area contributed by atoms with Crippen LogP contribution in [-0.4, -0.2) is 56.4 Å². The van der Waals surface area contributed by atoms with Gasteiger partial charge in [0.15, 0.2) is 5.82 Å². The van der Waals surface area contributed by atoms with E-state index in [1.165, 1.54) is 35.7 Å². The van der Waals surface area contributed by atoms with E-state index in [2.05, 4.69) is 15.2 Å². The maximum Gasteiger partial charge on any atom is 0.459 e. The molecule has 0 spiro atoms. The summed E-state index contributed by atoms with van der Waals surface area (Å²) in [5.41, 5.74) is 3.96. The zero-order valence-electron chi connectivity index (χ0n) is 21.4. The van der Waals surface area contributed by atoms with Crippen LogP contribution in [0.1, 0.15) is 32.9 Å². The quantitative estimate of drug-likeness (QED) is 0.243. The lowest BCUT2D eigenvalue weighted by Gasteiger charge is -2.28. The molecule has 4 rings (SSSR count). The number of fused-ring (bicyclic) bond motifs is 1. The van der Waals surface area contributed by atoms with Crippen molar-refractivity contribution in [3.63, 3.8) is 0 Å². The number of nitrogens with zero attached hydrogens (tertiary/aromatic N) is 4. The fourth-order valence-electron chi connectivity index (χ4n) is 4.05. The standard InChI is InChI=1S/C24H28FN6O7P/c1-15(2)36-22(33)16(3)30-39(34,37-17-7-5-4-6-8-17)35-13-23(25)11-20(32)24(12-26,38-23)19-10-9-18-21(27)28-14-29-31(18)19/h4-10,14-16,20,32H,11,13H2,1-3H3,(H,30,34)(H2,27,28,29)/t16-,20+,23-,24-,39?/m0/s1. The van der Waals surface area contributed by atoms with Crippen LogP contribution in [0.5, 0.6) is 5.75 Å². The Bertz CT molecular complexity index is 1430. The fourth-order valence-corrected chi connectivity index (χ4v) is 5.57. The van der Waals surface area contributed by atoms with Crippen molar-refractivity contribution in [3.8, 4) is 11.8 Å². The number of para-hydroxylation sites is 1. The Morgan fingerprint density at radius 1 is 1.36 bits per heavy atom. The van der Waals surface area contributed by atoms with E-state index < -0.39 is 56.4 Å². The zero-order valence-corrected chi connectivity index (χ0v) is 22.2. The number of hydrogen-bond acceptors (Lipinski definition) is 11. The normalized spacial score (nSPS) is 25.2. The van der Waals surface area contributed by atoms with Gasteiger partial charge >= 0.3 is 13.7 Å². The molecule has 0 saturated carbocycles. The van der Waals surface area contributed by atoms with E-state index in [0.717, 1.165) is 6.33 Å². The molecule has 0 amide bonds. The number of rotatable bonds is 10. The molecule has 0 bridgehead atoms. The molecule has 15 heteroatoms. The van der Waals surface area contributed by atoms with Gasteiger partial charge in [0.05, 0.1) is 11.8 Å². The molecule has 1 aliphatic rings. The van der Waals surface area contributed by atoms with Crippen molar-refractivity contribution < 1.29 is 37.4 Å². The summed E-state index contributed by atoms with van der Waals surface area (Å²) in [6.07, 6.45) is -1.69. The van der Waals surface area contributed by atoms with Crippen molar-refractivity contribution in [2.24, 2.45) is 0 Å². The monoisotopic (exact) mass is 562 g/mol. The number of nitrogen functional groups attached to an aromatic ring is 1. The van der Waals surface area contributed by atoms with Crippen molar-refractivity contribution in [1.82, 2.24) is 19.7 Å². The largest absolute Gasteiger partial charge is 0.462 e. The summed E-state index contributed by atoms with van der Waals surface area (Å²) in [6.45, 7) is 3.64. The van der Waals surface area contributed by atoms with E-state index in [9.17, 15) is 19.7 Å². The predicted octanol–water partition coefficient (Wildman–Crippen LogP) is 2.61. The van der Waals surface area contributed by atoms with E-state index in [4.69, 9.17) is 24.3 Å². The fraction of sp³-hybridized carbons (Fsp3) is 0.417. The lowest BCUT2D eigenvalue weighted by Crippen LogP contribution is -2.39. The smallest absolute Gasteiger partial charge is 0.459 e. The molecule has 39 heavy (non-hydrogen) atoms. The van der Waals surface area contributed by atoms with Crippen molar-refractivity contribution in [2.75, 3.05) is 12.3 Å². The third-order valence-corrected chi connectivity index (χ3v) is 7.44. The molecule has 3 heterocycles. The molecule has 4 N–H and O–H groups in total. The van der Waals surface area contributed by atoms with Gasteiger partial charge in [-0.25, -0.2) is 18.5 Å². The Morgan fingerprint density at radius 3 is 2.74 bits per heavy atom. The van der Waals surface area contributed by atoms with Crippen LogP contribution < -0.4 is 15.3 Å². The minimum Gasteiger partial charge on any atom is -0.462 e. The van der Waals surface area contributed by atoms with E-state index >= 15 is 4.39 Å². The van der Waals surface area contributed by atoms with Crippen LogP contribution >= 0.6 is 7.75 Å². The Kier molecular flexibility index (Phi) is 7.92. The molecule has 1 fully saturated rings. The molecule has 1 aromatic carbocycles. The van der Waals surface area contributed by atoms with E-state index in [1.54, 1.807) is 32.0 Å². The third kappa shape index (κ3) is 5.88. The third-order valence-electron chi connectivity index (χ3n) is 5.82. The van der Waals surface area contributed by atoms with Gasteiger partial charge in [-0.1, -0.05) is 18.2 Å².